The Labute approximate surface area is 144 Å². The normalized spacial score (nSPS) is 10.6. The molecule has 0 aliphatic heterocycles. The van der Waals surface area contributed by atoms with E-state index in [0.29, 0.717) is 17.0 Å². The highest BCUT2D eigenvalue weighted by Gasteiger charge is 2.14. The standard InChI is InChI=1S/C15H12BrN3OS2/c16-13-7-6-11(22-13)8-17-14(20)12-9-18-15(21)19(12)10-4-2-1-3-5-10/h1-7,9H,8H2,(H,17,20)(H,18,21). The number of hydrogen-bond donors (Lipinski definition) is 2. The molecule has 2 heterocycles. The maximum Gasteiger partial charge on any atom is 0.270 e. The lowest BCUT2D eigenvalue weighted by Gasteiger charge is -2.08. The van der Waals surface area contributed by atoms with Gasteiger partial charge in [-0.05, 0) is 52.4 Å². The number of para-hydroxylation sites is 1. The summed E-state index contributed by atoms with van der Waals surface area (Å²) in [5.74, 6) is -0.166. The predicted molar refractivity (Wildman–Crippen MR) is 94.1 cm³/mol. The molecule has 7 heteroatoms. The molecule has 0 aliphatic carbocycles. The molecule has 1 amide bonds. The van der Waals surface area contributed by atoms with Crippen LogP contribution in [0.3, 0.4) is 0 Å². The largest absolute Gasteiger partial charge is 0.346 e. The highest BCUT2D eigenvalue weighted by atomic mass is 79.9. The summed E-state index contributed by atoms with van der Waals surface area (Å²) in [6.07, 6.45) is 1.63. The number of carbonyl (C=O) groups is 1. The first kappa shape index (κ1) is 15.2. The van der Waals surface area contributed by atoms with E-state index in [0.717, 1.165) is 14.4 Å². The smallest absolute Gasteiger partial charge is 0.270 e. The molecule has 0 radical (unpaired) electrons. The van der Waals surface area contributed by atoms with Crippen molar-refractivity contribution in [3.8, 4) is 5.69 Å². The molecule has 1 aromatic carbocycles. The van der Waals surface area contributed by atoms with E-state index in [9.17, 15) is 4.79 Å². The summed E-state index contributed by atoms with van der Waals surface area (Å²) in [5, 5.41) is 2.92. The van der Waals surface area contributed by atoms with Crippen molar-refractivity contribution in [2.45, 2.75) is 6.54 Å². The van der Waals surface area contributed by atoms with Gasteiger partial charge in [0.15, 0.2) is 4.77 Å². The Hall–Kier alpha value is -1.70. The number of rotatable bonds is 4. The molecule has 0 unspecified atom stereocenters. The lowest BCUT2D eigenvalue weighted by atomic mass is 10.3. The predicted octanol–water partition coefficient (Wildman–Crippen LogP) is 4.29. The number of H-pyrrole nitrogens is 1. The van der Waals surface area contributed by atoms with Crippen LogP contribution in [0.1, 0.15) is 15.4 Å². The van der Waals surface area contributed by atoms with Gasteiger partial charge in [-0.1, -0.05) is 18.2 Å². The van der Waals surface area contributed by atoms with Crippen molar-refractivity contribution in [3.63, 3.8) is 0 Å². The Morgan fingerprint density at radius 3 is 2.73 bits per heavy atom. The first-order valence-corrected chi connectivity index (χ1v) is 8.55. The summed E-state index contributed by atoms with van der Waals surface area (Å²) in [7, 11) is 0. The van der Waals surface area contributed by atoms with Crippen LogP contribution in [0.15, 0.2) is 52.4 Å². The molecule has 0 atom stereocenters. The third-order valence-corrected chi connectivity index (χ3v) is 5.00. The van der Waals surface area contributed by atoms with Crippen LogP contribution in [0.4, 0.5) is 0 Å². The first-order valence-electron chi connectivity index (χ1n) is 6.53. The van der Waals surface area contributed by atoms with Crippen molar-refractivity contribution in [1.82, 2.24) is 14.9 Å². The second-order valence-corrected chi connectivity index (χ2v) is 7.47. The SMILES string of the molecule is O=C(NCc1ccc(Br)s1)c1c[nH]c(=S)n1-c1ccccc1. The van der Waals surface area contributed by atoms with Crippen LogP contribution in [0.25, 0.3) is 5.69 Å². The highest BCUT2D eigenvalue weighted by molar-refractivity contribution is 9.11. The van der Waals surface area contributed by atoms with Gasteiger partial charge in [-0.3, -0.25) is 9.36 Å². The minimum atomic E-state index is -0.166. The number of aromatic amines is 1. The fraction of sp³-hybridized carbons (Fsp3) is 0.0667. The van der Waals surface area contributed by atoms with Gasteiger partial charge in [0, 0.05) is 16.8 Å². The maximum atomic E-state index is 12.4. The zero-order chi connectivity index (χ0) is 15.5. The third-order valence-electron chi connectivity index (χ3n) is 3.08. The third kappa shape index (κ3) is 3.21. The number of nitrogens with one attached hydrogen (secondary N) is 2. The van der Waals surface area contributed by atoms with Crippen LogP contribution in [0.2, 0.25) is 0 Å². The number of benzene rings is 1. The summed E-state index contributed by atoms with van der Waals surface area (Å²) >= 11 is 10.3. The van der Waals surface area contributed by atoms with Crippen LogP contribution in [0.5, 0.6) is 0 Å². The van der Waals surface area contributed by atoms with E-state index in [1.807, 2.05) is 42.5 Å². The topological polar surface area (TPSA) is 49.8 Å². The lowest BCUT2D eigenvalue weighted by molar-refractivity contribution is 0.0944. The molecular weight excluding hydrogens is 382 g/mol. The number of carbonyl (C=O) groups excluding carboxylic acids is 1. The molecule has 2 aromatic heterocycles. The van der Waals surface area contributed by atoms with E-state index in [1.165, 1.54) is 0 Å². The molecule has 0 saturated carbocycles. The fourth-order valence-corrected chi connectivity index (χ4v) is 3.76. The number of amides is 1. The van der Waals surface area contributed by atoms with Crippen molar-refractivity contribution in [2.75, 3.05) is 0 Å². The number of thiophene rings is 1. The Balaban J connectivity index is 1.83. The van der Waals surface area contributed by atoms with E-state index >= 15 is 0 Å². The summed E-state index contributed by atoms with van der Waals surface area (Å²) in [4.78, 5) is 16.4. The summed E-state index contributed by atoms with van der Waals surface area (Å²) in [5.41, 5.74) is 1.35. The van der Waals surface area contributed by atoms with Gasteiger partial charge in [-0.25, -0.2) is 0 Å². The molecule has 112 valence electrons. The number of imidazole rings is 1. The lowest BCUT2D eigenvalue weighted by Crippen LogP contribution is -2.24. The molecular formula is C15H12BrN3OS2. The van der Waals surface area contributed by atoms with Gasteiger partial charge in [0.1, 0.15) is 5.69 Å². The monoisotopic (exact) mass is 393 g/mol. The molecule has 0 saturated heterocycles. The van der Waals surface area contributed by atoms with Gasteiger partial charge < -0.3 is 10.3 Å². The van der Waals surface area contributed by atoms with E-state index in [2.05, 4.69) is 26.2 Å². The number of nitrogens with zero attached hydrogens (tertiary/aromatic N) is 1. The molecule has 2 N–H and O–H groups in total. The Morgan fingerprint density at radius 2 is 2.05 bits per heavy atom. The molecule has 0 bridgehead atoms. The van der Waals surface area contributed by atoms with Crippen molar-refractivity contribution in [1.29, 1.82) is 0 Å². The average molecular weight is 394 g/mol. The number of halogens is 1. The van der Waals surface area contributed by atoms with Crippen molar-refractivity contribution in [2.24, 2.45) is 0 Å². The van der Waals surface area contributed by atoms with E-state index < -0.39 is 0 Å². The maximum absolute atomic E-state index is 12.4. The van der Waals surface area contributed by atoms with Crippen LogP contribution < -0.4 is 5.32 Å². The van der Waals surface area contributed by atoms with Crippen molar-refractivity contribution >= 4 is 45.4 Å². The second-order valence-electron chi connectivity index (χ2n) is 4.54. The Bertz CT molecular complexity index is 851. The van der Waals surface area contributed by atoms with Gasteiger partial charge in [-0.2, -0.15) is 0 Å². The van der Waals surface area contributed by atoms with E-state index in [1.54, 1.807) is 22.1 Å². The van der Waals surface area contributed by atoms with Crippen molar-refractivity contribution < 1.29 is 4.79 Å². The van der Waals surface area contributed by atoms with Crippen molar-refractivity contribution in [3.05, 3.63) is 67.8 Å². The molecule has 4 nitrogen and oxygen atoms in total. The second kappa shape index (κ2) is 6.60. The van der Waals surface area contributed by atoms with Gasteiger partial charge >= 0.3 is 0 Å². The van der Waals surface area contributed by atoms with Crippen LogP contribution in [-0.4, -0.2) is 15.5 Å². The Morgan fingerprint density at radius 1 is 1.27 bits per heavy atom. The zero-order valence-corrected chi connectivity index (χ0v) is 14.6. The molecule has 0 aliphatic rings. The van der Waals surface area contributed by atoms with Gasteiger partial charge in [0.2, 0.25) is 0 Å². The van der Waals surface area contributed by atoms with E-state index in [4.69, 9.17) is 12.2 Å². The summed E-state index contributed by atoms with van der Waals surface area (Å²) in [6, 6.07) is 13.5. The first-order chi connectivity index (χ1) is 10.6. The van der Waals surface area contributed by atoms with E-state index in [-0.39, 0.29) is 5.91 Å². The molecule has 0 fully saturated rings. The minimum Gasteiger partial charge on any atom is -0.346 e. The Kier molecular flexibility index (Phi) is 4.56. The average Bonchev–Trinajstić information content (AvgIpc) is 3.11. The minimum absolute atomic E-state index is 0.166. The highest BCUT2D eigenvalue weighted by Crippen LogP contribution is 2.22. The van der Waals surface area contributed by atoms with Gasteiger partial charge in [0.25, 0.3) is 5.91 Å². The van der Waals surface area contributed by atoms with Crippen LogP contribution >= 0.6 is 39.5 Å². The number of hydrogen-bond acceptors (Lipinski definition) is 3. The van der Waals surface area contributed by atoms with Crippen LogP contribution in [0, 0.1) is 4.77 Å². The zero-order valence-electron chi connectivity index (χ0n) is 11.4. The quantitative estimate of drug-likeness (QED) is 0.649. The molecule has 3 aromatic rings. The number of aromatic nitrogens is 2. The van der Waals surface area contributed by atoms with Crippen LogP contribution in [-0.2, 0) is 6.54 Å². The van der Waals surface area contributed by atoms with Gasteiger partial charge in [-0.15, -0.1) is 11.3 Å². The van der Waals surface area contributed by atoms with Gasteiger partial charge in [0.05, 0.1) is 10.3 Å². The molecule has 3 rings (SSSR count). The summed E-state index contributed by atoms with van der Waals surface area (Å²) < 4.78 is 3.27. The molecule has 0 spiro atoms. The fourth-order valence-electron chi connectivity index (χ4n) is 2.07. The molecule has 22 heavy (non-hydrogen) atoms. The summed E-state index contributed by atoms with van der Waals surface area (Å²) in [6.45, 7) is 0.488.